The average Bonchev–Trinajstić information content (AvgIpc) is 3.71. The third kappa shape index (κ3) is 3.75. The quantitative estimate of drug-likeness (QED) is 0.182. The van der Waals surface area contributed by atoms with Gasteiger partial charge in [-0.05, 0) is 80.6 Å². The first-order valence-electron chi connectivity index (χ1n) is 18.2. The number of fused-ring (bicyclic) bond motifs is 15. The van der Waals surface area contributed by atoms with Crippen molar-refractivity contribution in [3.8, 4) is 39.6 Å². The van der Waals surface area contributed by atoms with Crippen molar-refractivity contribution in [2.75, 3.05) is 0 Å². The lowest BCUT2D eigenvalue weighted by Crippen LogP contribution is -2.32. The van der Waals surface area contributed by atoms with Crippen LogP contribution in [0.4, 0.5) is 0 Å². The molecule has 0 fully saturated rings. The maximum atomic E-state index is 6.99. The fourth-order valence-corrected chi connectivity index (χ4v) is 9.51. The Balaban J connectivity index is 1.26. The van der Waals surface area contributed by atoms with E-state index in [1.54, 1.807) is 0 Å². The largest absolute Gasteiger partial charge is 0.457 e. The molecule has 1 aliphatic carbocycles. The van der Waals surface area contributed by atoms with Crippen LogP contribution in [0.25, 0.3) is 71.6 Å². The molecule has 0 unspecified atom stereocenters. The van der Waals surface area contributed by atoms with Crippen LogP contribution in [0.15, 0.2) is 182 Å². The number of aromatic nitrogens is 2. The maximum absolute atomic E-state index is 6.99. The molecule has 2 aliphatic rings. The zero-order chi connectivity index (χ0) is 34.7. The molecule has 1 spiro atoms. The van der Waals surface area contributed by atoms with Gasteiger partial charge in [-0.2, -0.15) is 0 Å². The molecule has 246 valence electrons. The van der Waals surface area contributed by atoms with Crippen LogP contribution in [-0.2, 0) is 5.41 Å². The summed E-state index contributed by atoms with van der Waals surface area (Å²) < 4.78 is 9.37. The second kappa shape index (κ2) is 10.5. The fourth-order valence-electron chi connectivity index (χ4n) is 9.51. The molecule has 3 heterocycles. The molecule has 8 aromatic carbocycles. The topological polar surface area (TPSA) is 27.1 Å². The van der Waals surface area contributed by atoms with E-state index in [-0.39, 0.29) is 0 Å². The summed E-state index contributed by atoms with van der Waals surface area (Å²) >= 11 is 0. The number of benzene rings is 8. The van der Waals surface area contributed by atoms with Gasteiger partial charge in [0.15, 0.2) is 0 Å². The molecule has 12 rings (SSSR count). The highest BCUT2D eigenvalue weighted by atomic mass is 16.5. The highest BCUT2D eigenvalue weighted by molar-refractivity contribution is 6.22. The number of ether oxygens (including phenoxy) is 1. The van der Waals surface area contributed by atoms with E-state index in [0.717, 1.165) is 61.3 Å². The summed E-state index contributed by atoms with van der Waals surface area (Å²) in [5, 5.41) is 5.88. The van der Waals surface area contributed by atoms with Gasteiger partial charge < -0.3 is 4.74 Å². The van der Waals surface area contributed by atoms with Crippen molar-refractivity contribution in [1.82, 2.24) is 9.55 Å². The first-order valence-corrected chi connectivity index (χ1v) is 18.2. The molecule has 0 saturated carbocycles. The zero-order valence-electron chi connectivity index (χ0n) is 28.6. The van der Waals surface area contributed by atoms with Gasteiger partial charge in [0.1, 0.15) is 17.3 Å². The van der Waals surface area contributed by atoms with Crippen molar-refractivity contribution in [3.05, 3.63) is 204 Å². The fraction of sp³-hybridized carbons (Fsp3) is 0.0200. The lowest BCUT2D eigenvalue weighted by molar-refractivity contribution is 0.437. The summed E-state index contributed by atoms with van der Waals surface area (Å²) in [5.41, 5.74) is 12.3. The Morgan fingerprint density at radius 1 is 0.434 bits per heavy atom. The number of nitrogens with zero attached hydrogens (tertiary/aromatic N) is 2. The highest BCUT2D eigenvalue weighted by Crippen LogP contribution is 2.62. The molecule has 0 radical (unpaired) electrons. The van der Waals surface area contributed by atoms with Gasteiger partial charge in [0.25, 0.3) is 0 Å². The van der Waals surface area contributed by atoms with E-state index in [9.17, 15) is 0 Å². The second-order valence-corrected chi connectivity index (χ2v) is 14.2. The molecule has 3 heteroatoms. The summed E-state index contributed by atoms with van der Waals surface area (Å²) in [6.45, 7) is 0. The number of para-hydroxylation sites is 2. The molecule has 0 amide bonds. The van der Waals surface area contributed by atoms with Crippen LogP contribution in [0, 0.1) is 0 Å². The molecule has 0 N–H and O–H groups in total. The molecule has 10 aromatic rings. The van der Waals surface area contributed by atoms with Crippen molar-refractivity contribution in [3.63, 3.8) is 0 Å². The molecule has 2 aromatic heterocycles. The van der Waals surface area contributed by atoms with Crippen molar-refractivity contribution in [1.29, 1.82) is 0 Å². The third-order valence-electron chi connectivity index (χ3n) is 11.6. The van der Waals surface area contributed by atoms with Gasteiger partial charge in [-0.15, -0.1) is 0 Å². The standard InChI is InChI=1S/C50H30N2O/c1-2-14-31(15-3-1)37-29-48(51-43-24-12-8-20-36(37)43)52-44-27-26-32-16-4-5-17-33(32)49(44)38-28-47-42(30-45(38)52)50(41-23-11-13-25-46(41)53-47)39-21-9-6-18-34(39)35-19-7-10-22-40(35)50/h1-30H. The van der Waals surface area contributed by atoms with Gasteiger partial charge in [0, 0.05) is 27.3 Å². The van der Waals surface area contributed by atoms with Gasteiger partial charge in [-0.3, -0.25) is 4.57 Å². The van der Waals surface area contributed by atoms with E-state index in [0.29, 0.717) is 0 Å². The molecule has 53 heavy (non-hydrogen) atoms. The predicted molar refractivity (Wildman–Crippen MR) is 216 cm³/mol. The van der Waals surface area contributed by atoms with Crippen molar-refractivity contribution >= 4 is 43.5 Å². The van der Waals surface area contributed by atoms with Crippen LogP contribution in [-0.4, -0.2) is 9.55 Å². The number of rotatable bonds is 2. The van der Waals surface area contributed by atoms with Crippen molar-refractivity contribution in [2.45, 2.75) is 5.41 Å². The number of hydrogen-bond acceptors (Lipinski definition) is 2. The van der Waals surface area contributed by atoms with Crippen molar-refractivity contribution < 1.29 is 4.74 Å². The Hall–Kier alpha value is -6.97. The monoisotopic (exact) mass is 674 g/mol. The first kappa shape index (κ1) is 28.7. The Labute approximate surface area is 306 Å². The van der Waals surface area contributed by atoms with Gasteiger partial charge in [-0.25, -0.2) is 4.98 Å². The van der Waals surface area contributed by atoms with Gasteiger partial charge in [-0.1, -0.05) is 146 Å². The zero-order valence-corrected chi connectivity index (χ0v) is 28.6. The molecule has 3 nitrogen and oxygen atoms in total. The van der Waals surface area contributed by atoms with E-state index < -0.39 is 5.41 Å². The summed E-state index contributed by atoms with van der Waals surface area (Å²) in [7, 11) is 0. The third-order valence-corrected chi connectivity index (χ3v) is 11.6. The molecular weight excluding hydrogens is 645 g/mol. The minimum atomic E-state index is -0.569. The number of pyridine rings is 1. The lowest BCUT2D eigenvalue weighted by Gasteiger charge is -2.39. The first-order chi connectivity index (χ1) is 26.3. The minimum Gasteiger partial charge on any atom is -0.457 e. The van der Waals surface area contributed by atoms with Crippen LogP contribution in [0.5, 0.6) is 11.5 Å². The summed E-state index contributed by atoms with van der Waals surface area (Å²) in [5.74, 6) is 2.66. The van der Waals surface area contributed by atoms with Crippen LogP contribution in [0.3, 0.4) is 0 Å². The van der Waals surface area contributed by atoms with E-state index in [1.165, 1.54) is 44.0 Å². The van der Waals surface area contributed by atoms with Gasteiger partial charge in [0.2, 0.25) is 0 Å². The Morgan fingerprint density at radius 2 is 1.09 bits per heavy atom. The van der Waals surface area contributed by atoms with E-state index >= 15 is 0 Å². The second-order valence-electron chi connectivity index (χ2n) is 14.2. The Morgan fingerprint density at radius 3 is 1.91 bits per heavy atom. The minimum absolute atomic E-state index is 0.569. The molecule has 0 bridgehead atoms. The molecule has 0 saturated heterocycles. The van der Waals surface area contributed by atoms with Crippen LogP contribution in [0.1, 0.15) is 22.3 Å². The SMILES string of the molecule is c1ccc(-c2cc(-n3c4cc5c(cc4c4c6ccccc6ccc43)Oc3ccccc3C53c4ccccc4-c4ccccc43)nc3ccccc23)cc1. The molecule has 1 aliphatic heterocycles. The predicted octanol–water partition coefficient (Wildman–Crippen LogP) is 12.6. The Kier molecular flexibility index (Phi) is 5.70. The van der Waals surface area contributed by atoms with Crippen molar-refractivity contribution in [2.24, 2.45) is 0 Å². The lowest BCUT2D eigenvalue weighted by atomic mass is 9.66. The van der Waals surface area contributed by atoms with Gasteiger partial charge in [0.05, 0.1) is 22.0 Å². The number of hydrogen-bond donors (Lipinski definition) is 0. The molecular formula is C50H30N2O. The smallest absolute Gasteiger partial charge is 0.138 e. The normalized spacial score (nSPS) is 13.6. The summed E-state index contributed by atoms with van der Waals surface area (Å²) in [6.07, 6.45) is 0. The average molecular weight is 675 g/mol. The molecule has 0 atom stereocenters. The maximum Gasteiger partial charge on any atom is 0.138 e. The van der Waals surface area contributed by atoms with Crippen LogP contribution >= 0.6 is 0 Å². The highest BCUT2D eigenvalue weighted by Gasteiger charge is 2.51. The summed E-state index contributed by atoms with van der Waals surface area (Å²) in [6, 6.07) is 65.8. The van der Waals surface area contributed by atoms with Crippen LogP contribution < -0.4 is 4.74 Å². The van der Waals surface area contributed by atoms with E-state index in [4.69, 9.17) is 9.72 Å². The van der Waals surface area contributed by atoms with Crippen LogP contribution in [0.2, 0.25) is 0 Å². The summed E-state index contributed by atoms with van der Waals surface area (Å²) in [4.78, 5) is 5.42. The van der Waals surface area contributed by atoms with E-state index in [2.05, 4.69) is 187 Å². The van der Waals surface area contributed by atoms with Gasteiger partial charge >= 0.3 is 0 Å². The Bertz CT molecular complexity index is 3110. The van der Waals surface area contributed by atoms with E-state index in [1.807, 2.05) is 0 Å².